The highest BCUT2D eigenvalue weighted by molar-refractivity contribution is 5.85. The summed E-state index contributed by atoms with van der Waals surface area (Å²) >= 11 is 0. The van der Waals surface area contributed by atoms with Crippen molar-refractivity contribution in [2.45, 2.75) is 33.6 Å². The maximum atomic E-state index is 11.6. The smallest absolute Gasteiger partial charge is 0.407 e. The molecule has 2 heterocycles. The molecule has 1 aromatic carbocycles. The van der Waals surface area contributed by atoms with Gasteiger partial charge in [0.25, 0.3) is 0 Å². The fraction of sp³-hybridized carbons (Fsp3) is 0.524. The van der Waals surface area contributed by atoms with Crippen LogP contribution in [0.2, 0.25) is 0 Å². The number of ether oxygens (including phenoxy) is 3. The molecule has 2 N–H and O–H groups in total. The Morgan fingerprint density at radius 3 is 2.52 bits per heavy atom. The van der Waals surface area contributed by atoms with E-state index in [1.54, 1.807) is 14.2 Å². The first kappa shape index (κ1) is 22.4. The van der Waals surface area contributed by atoms with Gasteiger partial charge < -0.3 is 24.8 Å². The number of alkyl carbamates (subject to hydrolysis) is 1. The van der Waals surface area contributed by atoms with Crippen molar-refractivity contribution >= 4 is 28.6 Å². The topological polar surface area (TPSA) is 112 Å². The molecule has 168 valence electrons. The number of hydrogen-bond donors (Lipinski definition) is 2. The van der Waals surface area contributed by atoms with Crippen LogP contribution in [0.4, 0.5) is 10.6 Å². The average Bonchev–Trinajstić information content (AvgIpc) is 3.15. The number of aryl methyl sites for hydroxylation is 1. The quantitative estimate of drug-likeness (QED) is 0.472. The standard InChI is InChI=1S/C21H30N6O4/c1-13(2)12-31-21(28)23-9-7-6-8-22-19-20-26-25-14(3)27(20)16-11-18(30-5)17(29-4)10-15(16)24-19/h10-11,13H,6-9,12H2,1-5H3,(H,22,24)(H,23,28). The van der Waals surface area contributed by atoms with Crippen LogP contribution in [0.5, 0.6) is 11.5 Å². The number of amides is 1. The maximum Gasteiger partial charge on any atom is 0.407 e. The van der Waals surface area contributed by atoms with Crippen LogP contribution in [-0.2, 0) is 4.74 Å². The van der Waals surface area contributed by atoms with E-state index in [9.17, 15) is 4.79 Å². The van der Waals surface area contributed by atoms with Crippen LogP contribution in [0.25, 0.3) is 16.7 Å². The van der Waals surface area contributed by atoms with Gasteiger partial charge in [-0.1, -0.05) is 13.8 Å². The summed E-state index contributed by atoms with van der Waals surface area (Å²) in [6, 6.07) is 3.71. The zero-order valence-electron chi connectivity index (χ0n) is 18.7. The zero-order valence-corrected chi connectivity index (χ0v) is 18.7. The summed E-state index contributed by atoms with van der Waals surface area (Å²) in [6.45, 7) is 7.55. The zero-order chi connectivity index (χ0) is 22.4. The van der Waals surface area contributed by atoms with Crippen LogP contribution in [0.3, 0.4) is 0 Å². The maximum absolute atomic E-state index is 11.6. The Labute approximate surface area is 181 Å². The molecule has 0 aliphatic heterocycles. The molecule has 0 saturated heterocycles. The van der Waals surface area contributed by atoms with E-state index < -0.39 is 0 Å². The molecular formula is C21H30N6O4. The Balaban J connectivity index is 1.66. The van der Waals surface area contributed by atoms with E-state index in [4.69, 9.17) is 19.2 Å². The summed E-state index contributed by atoms with van der Waals surface area (Å²) in [4.78, 5) is 16.3. The fourth-order valence-electron chi connectivity index (χ4n) is 3.16. The molecule has 0 aliphatic carbocycles. The van der Waals surface area contributed by atoms with E-state index >= 15 is 0 Å². The lowest BCUT2D eigenvalue weighted by molar-refractivity contribution is 0.133. The number of fused-ring (bicyclic) bond motifs is 3. The van der Waals surface area contributed by atoms with Crippen LogP contribution in [-0.4, -0.2) is 59.6 Å². The van der Waals surface area contributed by atoms with Crippen LogP contribution >= 0.6 is 0 Å². The molecule has 0 unspecified atom stereocenters. The molecule has 2 aromatic heterocycles. The minimum atomic E-state index is -0.372. The third-order valence-electron chi connectivity index (χ3n) is 4.70. The van der Waals surface area contributed by atoms with Gasteiger partial charge in [0, 0.05) is 25.2 Å². The van der Waals surface area contributed by atoms with Crippen LogP contribution in [0.15, 0.2) is 12.1 Å². The molecule has 3 aromatic rings. The Morgan fingerprint density at radius 1 is 1.10 bits per heavy atom. The van der Waals surface area contributed by atoms with Gasteiger partial charge in [-0.3, -0.25) is 4.40 Å². The summed E-state index contributed by atoms with van der Waals surface area (Å²) in [7, 11) is 3.19. The van der Waals surface area contributed by atoms with Crippen molar-refractivity contribution in [2.75, 3.05) is 39.2 Å². The highest BCUT2D eigenvalue weighted by Crippen LogP contribution is 2.33. The van der Waals surface area contributed by atoms with Crippen molar-refractivity contribution in [3.63, 3.8) is 0 Å². The van der Waals surface area contributed by atoms with Crippen molar-refractivity contribution < 1.29 is 19.0 Å². The fourth-order valence-corrected chi connectivity index (χ4v) is 3.16. The van der Waals surface area contributed by atoms with Crippen molar-refractivity contribution in [3.05, 3.63) is 18.0 Å². The average molecular weight is 431 g/mol. The number of aromatic nitrogens is 4. The third-order valence-corrected chi connectivity index (χ3v) is 4.70. The molecule has 31 heavy (non-hydrogen) atoms. The van der Waals surface area contributed by atoms with Gasteiger partial charge in [0.15, 0.2) is 17.3 Å². The first-order chi connectivity index (χ1) is 14.9. The Morgan fingerprint density at radius 2 is 1.81 bits per heavy atom. The SMILES string of the molecule is COc1cc2nc(NCCCCNC(=O)OCC(C)C)c3nnc(C)n3c2cc1OC. The second kappa shape index (κ2) is 10.1. The van der Waals surface area contributed by atoms with Crippen LogP contribution < -0.4 is 20.1 Å². The summed E-state index contributed by atoms with van der Waals surface area (Å²) in [5, 5.41) is 14.6. The number of unbranched alkanes of at least 4 members (excludes halogenated alkanes) is 1. The van der Waals surface area contributed by atoms with Crippen molar-refractivity contribution in [1.82, 2.24) is 24.9 Å². The number of carbonyl (C=O) groups excluding carboxylic acids is 1. The van der Waals surface area contributed by atoms with Crippen LogP contribution in [0.1, 0.15) is 32.5 Å². The number of carbonyl (C=O) groups is 1. The molecule has 0 atom stereocenters. The number of nitrogens with zero attached hydrogens (tertiary/aromatic N) is 4. The Hall–Kier alpha value is -3.30. The molecular weight excluding hydrogens is 400 g/mol. The normalized spacial score (nSPS) is 11.2. The first-order valence-electron chi connectivity index (χ1n) is 10.4. The van der Waals surface area contributed by atoms with E-state index in [1.807, 2.05) is 37.3 Å². The summed E-state index contributed by atoms with van der Waals surface area (Å²) in [5.74, 6) is 2.94. The molecule has 0 bridgehead atoms. The molecule has 10 nitrogen and oxygen atoms in total. The number of methoxy groups -OCH3 is 2. The largest absolute Gasteiger partial charge is 0.493 e. The van der Waals surface area contributed by atoms with Gasteiger partial charge in [-0.25, -0.2) is 9.78 Å². The molecule has 0 saturated carbocycles. The number of hydrogen-bond acceptors (Lipinski definition) is 8. The van der Waals surface area contributed by atoms with Gasteiger partial charge in [0.1, 0.15) is 5.82 Å². The second-order valence-electron chi connectivity index (χ2n) is 7.62. The van der Waals surface area contributed by atoms with E-state index in [0.29, 0.717) is 48.6 Å². The summed E-state index contributed by atoms with van der Waals surface area (Å²) < 4.78 is 17.9. The highest BCUT2D eigenvalue weighted by Gasteiger charge is 2.16. The monoisotopic (exact) mass is 430 g/mol. The second-order valence-corrected chi connectivity index (χ2v) is 7.62. The molecule has 1 amide bonds. The summed E-state index contributed by atoms with van der Waals surface area (Å²) in [6.07, 6.45) is 1.28. The van der Waals surface area contributed by atoms with Gasteiger partial charge in [-0.2, -0.15) is 0 Å². The molecule has 0 aliphatic rings. The van der Waals surface area contributed by atoms with Crippen LogP contribution in [0, 0.1) is 12.8 Å². The van der Waals surface area contributed by atoms with Crippen molar-refractivity contribution in [2.24, 2.45) is 5.92 Å². The molecule has 0 radical (unpaired) electrons. The molecule has 10 heteroatoms. The van der Waals surface area contributed by atoms with E-state index in [-0.39, 0.29) is 6.09 Å². The van der Waals surface area contributed by atoms with E-state index in [2.05, 4.69) is 20.8 Å². The lowest BCUT2D eigenvalue weighted by Gasteiger charge is -2.13. The Bertz CT molecular complexity index is 1050. The third kappa shape index (κ3) is 5.25. The first-order valence-corrected chi connectivity index (χ1v) is 10.4. The molecule has 0 fully saturated rings. The van der Waals surface area contributed by atoms with Gasteiger partial charge >= 0.3 is 6.09 Å². The van der Waals surface area contributed by atoms with E-state index in [1.165, 1.54) is 0 Å². The lowest BCUT2D eigenvalue weighted by atomic mass is 10.2. The van der Waals surface area contributed by atoms with E-state index in [0.717, 1.165) is 29.7 Å². The minimum Gasteiger partial charge on any atom is -0.493 e. The predicted molar refractivity (Wildman–Crippen MR) is 118 cm³/mol. The van der Waals surface area contributed by atoms with Crippen molar-refractivity contribution in [3.8, 4) is 11.5 Å². The molecule has 3 rings (SSSR count). The highest BCUT2D eigenvalue weighted by atomic mass is 16.5. The van der Waals surface area contributed by atoms with Gasteiger partial charge in [0.2, 0.25) is 5.65 Å². The number of benzene rings is 1. The summed E-state index contributed by atoms with van der Waals surface area (Å²) in [5.41, 5.74) is 2.22. The minimum absolute atomic E-state index is 0.322. The van der Waals surface area contributed by atoms with Gasteiger partial charge in [-0.05, 0) is 25.7 Å². The number of nitrogens with one attached hydrogen (secondary N) is 2. The lowest BCUT2D eigenvalue weighted by Crippen LogP contribution is -2.26. The Kier molecular flexibility index (Phi) is 7.32. The van der Waals surface area contributed by atoms with Gasteiger partial charge in [-0.15, -0.1) is 10.2 Å². The predicted octanol–water partition coefficient (Wildman–Crippen LogP) is 3.18. The number of anilines is 1. The van der Waals surface area contributed by atoms with Crippen molar-refractivity contribution in [1.29, 1.82) is 0 Å². The molecule has 0 spiro atoms. The van der Waals surface area contributed by atoms with Gasteiger partial charge in [0.05, 0.1) is 31.9 Å². The number of rotatable bonds is 10.